The summed E-state index contributed by atoms with van der Waals surface area (Å²) >= 11 is 0. The van der Waals surface area contributed by atoms with Crippen LogP contribution in [0.2, 0.25) is 0 Å². The molecular formula is C24H22N6O2. The Labute approximate surface area is 183 Å². The van der Waals surface area contributed by atoms with Crippen LogP contribution >= 0.6 is 0 Å². The largest absolute Gasteiger partial charge is 0.397 e. The Bertz CT molecular complexity index is 1620. The molecule has 0 amide bonds. The SMILES string of the molecule is Cc1cn2c3c(=O)n(C/C=C/c4ccccc4)c(=O)n(C)c3nc2n1-c1ccccc1N. The molecule has 0 spiro atoms. The Morgan fingerprint density at radius 3 is 2.50 bits per heavy atom. The zero-order valence-electron chi connectivity index (χ0n) is 17.8. The van der Waals surface area contributed by atoms with E-state index in [1.807, 2.05) is 84.4 Å². The van der Waals surface area contributed by atoms with Gasteiger partial charge >= 0.3 is 5.69 Å². The Hall–Kier alpha value is -4.33. The first-order valence-electron chi connectivity index (χ1n) is 10.2. The first-order chi connectivity index (χ1) is 15.5. The van der Waals surface area contributed by atoms with Gasteiger partial charge in [-0.25, -0.2) is 4.79 Å². The summed E-state index contributed by atoms with van der Waals surface area (Å²) in [6.45, 7) is 2.09. The number of nitrogen functional groups attached to an aromatic ring is 1. The normalized spacial score (nSPS) is 11.8. The van der Waals surface area contributed by atoms with E-state index >= 15 is 0 Å². The maximum atomic E-state index is 13.4. The lowest BCUT2D eigenvalue weighted by atomic mass is 10.2. The molecule has 0 saturated heterocycles. The molecule has 160 valence electrons. The minimum absolute atomic E-state index is 0.162. The number of nitrogens with zero attached hydrogens (tertiary/aromatic N) is 5. The summed E-state index contributed by atoms with van der Waals surface area (Å²) in [4.78, 5) is 30.9. The quantitative estimate of drug-likeness (QED) is 0.447. The summed E-state index contributed by atoms with van der Waals surface area (Å²) in [5.74, 6) is 0.528. The average Bonchev–Trinajstić information content (AvgIpc) is 3.30. The number of benzene rings is 2. The van der Waals surface area contributed by atoms with Gasteiger partial charge < -0.3 is 5.73 Å². The van der Waals surface area contributed by atoms with Gasteiger partial charge in [-0.3, -0.25) is 22.9 Å². The van der Waals surface area contributed by atoms with Crippen molar-refractivity contribution in [1.29, 1.82) is 0 Å². The second-order valence-corrected chi connectivity index (χ2v) is 7.69. The highest BCUT2D eigenvalue weighted by atomic mass is 16.2. The van der Waals surface area contributed by atoms with Gasteiger partial charge in [-0.1, -0.05) is 54.6 Å². The monoisotopic (exact) mass is 426 g/mol. The number of nitrogens with two attached hydrogens (primary N) is 1. The highest BCUT2D eigenvalue weighted by molar-refractivity contribution is 5.77. The van der Waals surface area contributed by atoms with E-state index in [9.17, 15) is 9.59 Å². The number of rotatable bonds is 4. The molecule has 0 radical (unpaired) electrons. The molecule has 32 heavy (non-hydrogen) atoms. The molecule has 8 heteroatoms. The maximum absolute atomic E-state index is 13.4. The van der Waals surface area contributed by atoms with Crippen molar-refractivity contribution in [3.63, 3.8) is 0 Å². The van der Waals surface area contributed by atoms with Gasteiger partial charge in [0.1, 0.15) is 0 Å². The van der Waals surface area contributed by atoms with Crippen LogP contribution in [-0.4, -0.2) is 23.1 Å². The van der Waals surface area contributed by atoms with Crippen LogP contribution in [0.4, 0.5) is 5.69 Å². The van der Waals surface area contributed by atoms with Crippen LogP contribution < -0.4 is 17.0 Å². The van der Waals surface area contributed by atoms with E-state index in [0.717, 1.165) is 16.9 Å². The summed E-state index contributed by atoms with van der Waals surface area (Å²) in [6.07, 6.45) is 5.54. The van der Waals surface area contributed by atoms with Crippen molar-refractivity contribution in [2.45, 2.75) is 13.5 Å². The molecule has 5 rings (SSSR count). The van der Waals surface area contributed by atoms with Gasteiger partial charge in [0.25, 0.3) is 5.56 Å². The van der Waals surface area contributed by atoms with Crippen molar-refractivity contribution in [2.75, 3.05) is 5.73 Å². The molecule has 3 aromatic heterocycles. The van der Waals surface area contributed by atoms with Gasteiger partial charge in [0.15, 0.2) is 11.2 Å². The van der Waals surface area contributed by atoms with Crippen molar-refractivity contribution in [1.82, 2.24) is 23.1 Å². The van der Waals surface area contributed by atoms with Gasteiger partial charge in [0, 0.05) is 25.5 Å². The van der Waals surface area contributed by atoms with E-state index in [0.29, 0.717) is 22.6 Å². The molecule has 0 atom stereocenters. The maximum Gasteiger partial charge on any atom is 0.332 e. The lowest BCUT2D eigenvalue weighted by molar-refractivity contribution is 0.667. The summed E-state index contributed by atoms with van der Waals surface area (Å²) in [7, 11) is 1.63. The van der Waals surface area contributed by atoms with Crippen LogP contribution in [-0.2, 0) is 13.6 Å². The number of anilines is 1. The van der Waals surface area contributed by atoms with Crippen molar-refractivity contribution in [3.05, 3.63) is 99.0 Å². The summed E-state index contributed by atoms with van der Waals surface area (Å²) in [5, 5.41) is 0. The number of hydrogen-bond donors (Lipinski definition) is 1. The number of para-hydroxylation sites is 2. The van der Waals surface area contributed by atoms with Gasteiger partial charge in [0.2, 0.25) is 5.78 Å². The number of imidazole rings is 2. The molecule has 0 saturated carbocycles. The Morgan fingerprint density at radius 2 is 1.75 bits per heavy atom. The molecule has 0 bridgehead atoms. The van der Waals surface area contributed by atoms with Crippen LogP contribution in [0.5, 0.6) is 0 Å². The van der Waals surface area contributed by atoms with Gasteiger partial charge in [-0.15, -0.1) is 0 Å². The molecule has 0 aliphatic carbocycles. The van der Waals surface area contributed by atoms with Crippen LogP contribution in [0.15, 0.2) is 76.5 Å². The van der Waals surface area contributed by atoms with E-state index < -0.39 is 5.69 Å². The fourth-order valence-corrected chi connectivity index (χ4v) is 4.02. The molecule has 0 aliphatic heterocycles. The fourth-order valence-electron chi connectivity index (χ4n) is 4.02. The highest BCUT2D eigenvalue weighted by Gasteiger charge is 2.21. The van der Waals surface area contributed by atoms with Gasteiger partial charge in [-0.2, -0.15) is 4.98 Å². The number of allylic oxidation sites excluding steroid dienone is 1. The highest BCUT2D eigenvalue weighted by Crippen LogP contribution is 2.24. The van der Waals surface area contributed by atoms with Crippen LogP contribution in [0.25, 0.3) is 28.7 Å². The lowest BCUT2D eigenvalue weighted by Gasteiger charge is -2.08. The predicted molar refractivity (Wildman–Crippen MR) is 126 cm³/mol. The van der Waals surface area contributed by atoms with Crippen molar-refractivity contribution < 1.29 is 0 Å². The molecule has 2 N–H and O–H groups in total. The van der Waals surface area contributed by atoms with Crippen LogP contribution in [0.3, 0.4) is 0 Å². The molecule has 2 aromatic carbocycles. The molecular weight excluding hydrogens is 404 g/mol. The molecule has 8 nitrogen and oxygen atoms in total. The van der Waals surface area contributed by atoms with E-state index in [2.05, 4.69) is 4.98 Å². The molecule has 5 aromatic rings. The standard InChI is InChI=1S/C24H22N6O2/c1-16-15-29-20-21(26-23(29)30(16)19-13-7-6-12-18(19)25)27(2)24(32)28(22(20)31)14-8-11-17-9-4-3-5-10-17/h3-13,15H,14,25H2,1-2H3/b11-8+. The lowest BCUT2D eigenvalue weighted by Crippen LogP contribution is -2.39. The smallest absolute Gasteiger partial charge is 0.332 e. The second-order valence-electron chi connectivity index (χ2n) is 7.69. The Kier molecular flexibility index (Phi) is 4.55. The zero-order chi connectivity index (χ0) is 22.4. The third-order valence-corrected chi connectivity index (χ3v) is 5.60. The fraction of sp³-hybridized carbons (Fsp3) is 0.125. The van der Waals surface area contributed by atoms with E-state index in [4.69, 9.17) is 5.73 Å². The molecule has 0 fully saturated rings. The summed E-state index contributed by atoms with van der Waals surface area (Å²) < 4.78 is 6.25. The van der Waals surface area contributed by atoms with E-state index in [1.165, 1.54) is 9.13 Å². The number of fused-ring (bicyclic) bond motifs is 3. The number of aromatic nitrogens is 5. The van der Waals surface area contributed by atoms with Crippen LogP contribution in [0, 0.1) is 6.92 Å². The molecule has 0 unspecified atom stereocenters. The minimum atomic E-state index is -0.413. The van der Waals surface area contributed by atoms with Crippen molar-refractivity contribution in [2.24, 2.45) is 7.05 Å². The zero-order valence-corrected chi connectivity index (χ0v) is 17.8. The molecule has 0 aliphatic rings. The first kappa shape index (κ1) is 19.6. The number of hydrogen-bond acceptors (Lipinski definition) is 4. The molecule has 3 heterocycles. The van der Waals surface area contributed by atoms with Gasteiger partial charge in [-0.05, 0) is 24.6 Å². The third kappa shape index (κ3) is 2.96. The summed E-state index contributed by atoms with van der Waals surface area (Å²) in [5.41, 5.74) is 9.32. The van der Waals surface area contributed by atoms with E-state index in [-0.39, 0.29) is 12.1 Å². The Morgan fingerprint density at radius 1 is 1.03 bits per heavy atom. The number of aryl methyl sites for hydroxylation is 2. The topological polar surface area (TPSA) is 92.2 Å². The van der Waals surface area contributed by atoms with E-state index in [1.54, 1.807) is 11.4 Å². The Balaban J connectivity index is 1.71. The predicted octanol–water partition coefficient (Wildman–Crippen LogP) is 2.74. The van der Waals surface area contributed by atoms with Crippen molar-refractivity contribution >= 4 is 28.7 Å². The third-order valence-electron chi connectivity index (χ3n) is 5.60. The second kappa shape index (κ2) is 7.42. The minimum Gasteiger partial charge on any atom is -0.397 e. The average molecular weight is 426 g/mol. The van der Waals surface area contributed by atoms with Crippen molar-refractivity contribution in [3.8, 4) is 5.69 Å². The first-order valence-corrected chi connectivity index (χ1v) is 10.2. The van der Waals surface area contributed by atoms with Gasteiger partial charge in [0.05, 0.1) is 11.4 Å². The summed E-state index contributed by atoms with van der Waals surface area (Å²) in [6, 6.07) is 17.2. The van der Waals surface area contributed by atoms with Crippen LogP contribution in [0.1, 0.15) is 11.3 Å².